The second-order valence-electron chi connectivity index (χ2n) is 8.05. The number of sulfonamides is 1. The van der Waals surface area contributed by atoms with Gasteiger partial charge in [0.15, 0.2) is 0 Å². The van der Waals surface area contributed by atoms with Gasteiger partial charge in [-0.2, -0.15) is 0 Å². The predicted molar refractivity (Wildman–Crippen MR) is 135 cm³/mol. The van der Waals surface area contributed by atoms with E-state index in [4.69, 9.17) is 16.3 Å². The molecule has 1 N–H and O–H groups in total. The van der Waals surface area contributed by atoms with Crippen LogP contribution in [0.1, 0.15) is 32.3 Å². The number of hydrogen-bond donors (Lipinski definition) is 1. The first-order valence-corrected chi connectivity index (χ1v) is 13.3. The lowest BCUT2D eigenvalue weighted by atomic mass is 10.1. The molecule has 0 aliphatic rings. The Balaban J connectivity index is 2.41. The SMILES string of the molecule is CCCCNC(=O)[C@H](C)N(Cc1ccc(F)cc1)C(=O)CN(c1cc(Cl)ccc1OC)S(C)(=O)=O. The van der Waals surface area contributed by atoms with Gasteiger partial charge in [-0.1, -0.05) is 37.1 Å². The smallest absolute Gasteiger partial charge is 0.244 e. The number of unbranched alkanes of at least 4 members (excludes halogenated alkanes) is 1. The quantitative estimate of drug-likeness (QED) is 0.426. The van der Waals surface area contributed by atoms with Crippen LogP contribution in [0.15, 0.2) is 42.5 Å². The van der Waals surface area contributed by atoms with E-state index in [0.717, 1.165) is 23.4 Å². The van der Waals surface area contributed by atoms with Crippen molar-refractivity contribution in [1.29, 1.82) is 0 Å². The van der Waals surface area contributed by atoms with E-state index in [-0.39, 0.29) is 28.9 Å². The number of anilines is 1. The Hall–Kier alpha value is -2.85. The van der Waals surface area contributed by atoms with E-state index in [0.29, 0.717) is 12.1 Å². The van der Waals surface area contributed by atoms with Crippen LogP contribution in [0.3, 0.4) is 0 Å². The van der Waals surface area contributed by atoms with E-state index in [1.807, 2.05) is 6.92 Å². The standard InChI is InChI=1S/C24H31ClFN3O5S/c1-5-6-13-27-24(31)17(2)28(15-18-7-10-20(26)11-8-18)23(30)16-29(35(4,32)33)21-14-19(25)9-12-22(21)34-3/h7-12,14,17H,5-6,13,15-16H2,1-4H3,(H,27,31)/t17-/m0/s1. The van der Waals surface area contributed by atoms with Crippen LogP contribution in [-0.2, 0) is 26.2 Å². The summed E-state index contributed by atoms with van der Waals surface area (Å²) in [6.45, 7) is 3.39. The van der Waals surface area contributed by atoms with Crippen molar-refractivity contribution in [1.82, 2.24) is 10.2 Å². The van der Waals surface area contributed by atoms with Crippen LogP contribution < -0.4 is 14.4 Å². The zero-order valence-corrected chi connectivity index (χ0v) is 21.8. The zero-order valence-electron chi connectivity index (χ0n) is 20.3. The number of benzene rings is 2. The van der Waals surface area contributed by atoms with Crippen molar-refractivity contribution in [3.05, 3.63) is 58.9 Å². The number of nitrogens with one attached hydrogen (secondary N) is 1. The molecule has 0 spiro atoms. The van der Waals surface area contributed by atoms with Gasteiger partial charge in [0.05, 0.1) is 19.1 Å². The Kier molecular flexibility index (Phi) is 10.3. The molecule has 0 bridgehead atoms. The lowest BCUT2D eigenvalue weighted by Gasteiger charge is -2.32. The maximum Gasteiger partial charge on any atom is 0.244 e. The molecular weight excluding hydrogens is 497 g/mol. The minimum atomic E-state index is -3.94. The van der Waals surface area contributed by atoms with Gasteiger partial charge in [0.2, 0.25) is 21.8 Å². The van der Waals surface area contributed by atoms with Crippen molar-refractivity contribution in [2.75, 3.05) is 30.8 Å². The molecule has 2 amide bonds. The highest BCUT2D eigenvalue weighted by Gasteiger charge is 2.31. The molecule has 2 aromatic rings. The summed E-state index contributed by atoms with van der Waals surface area (Å²) < 4.78 is 44.9. The summed E-state index contributed by atoms with van der Waals surface area (Å²) in [5, 5.41) is 3.05. The number of nitrogens with zero attached hydrogens (tertiary/aromatic N) is 2. The number of carbonyl (C=O) groups excluding carboxylic acids is 2. The van der Waals surface area contributed by atoms with E-state index in [1.165, 1.54) is 54.5 Å². The predicted octanol–water partition coefficient (Wildman–Crippen LogP) is 3.59. The molecule has 0 fully saturated rings. The first kappa shape index (κ1) is 28.4. The molecule has 0 saturated carbocycles. The molecule has 0 unspecified atom stereocenters. The Morgan fingerprint density at radius 1 is 1.17 bits per heavy atom. The molecule has 0 aliphatic heterocycles. The van der Waals surface area contributed by atoms with Gasteiger partial charge < -0.3 is 15.0 Å². The first-order valence-electron chi connectivity index (χ1n) is 11.1. The van der Waals surface area contributed by atoms with Gasteiger partial charge in [-0.25, -0.2) is 12.8 Å². The second kappa shape index (κ2) is 12.7. The lowest BCUT2D eigenvalue weighted by Crippen LogP contribution is -2.51. The molecule has 0 heterocycles. The summed E-state index contributed by atoms with van der Waals surface area (Å²) >= 11 is 6.08. The van der Waals surface area contributed by atoms with E-state index in [1.54, 1.807) is 6.92 Å². The number of rotatable bonds is 12. The van der Waals surface area contributed by atoms with Gasteiger partial charge in [-0.3, -0.25) is 13.9 Å². The minimum absolute atomic E-state index is 0.0221. The van der Waals surface area contributed by atoms with Crippen molar-refractivity contribution in [2.24, 2.45) is 0 Å². The Morgan fingerprint density at radius 2 is 1.83 bits per heavy atom. The monoisotopic (exact) mass is 527 g/mol. The van der Waals surface area contributed by atoms with Crippen LogP contribution in [0.25, 0.3) is 0 Å². The molecule has 8 nitrogen and oxygen atoms in total. The van der Waals surface area contributed by atoms with Crippen LogP contribution in [-0.4, -0.2) is 57.6 Å². The summed E-state index contributed by atoms with van der Waals surface area (Å²) in [5.41, 5.74) is 0.678. The Bertz CT molecular complexity index is 1130. The summed E-state index contributed by atoms with van der Waals surface area (Å²) in [7, 11) is -2.57. The molecule has 35 heavy (non-hydrogen) atoms. The third-order valence-electron chi connectivity index (χ3n) is 5.35. The molecule has 0 saturated heterocycles. The van der Waals surface area contributed by atoms with Crippen molar-refractivity contribution < 1.29 is 27.1 Å². The summed E-state index contributed by atoms with van der Waals surface area (Å²) in [4.78, 5) is 27.5. The number of halogens is 2. The van der Waals surface area contributed by atoms with E-state index >= 15 is 0 Å². The average Bonchev–Trinajstić information content (AvgIpc) is 2.80. The third kappa shape index (κ3) is 8.10. The summed E-state index contributed by atoms with van der Waals surface area (Å²) in [6, 6.07) is 9.03. The average molecular weight is 528 g/mol. The Morgan fingerprint density at radius 3 is 2.40 bits per heavy atom. The molecule has 11 heteroatoms. The van der Waals surface area contributed by atoms with Crippen molar-refractivity contribution in [3.8, 4) is 5.75 Å². The summed E-state index contributed by atoms with van der Waals surface area (Å²) in [6.07, 6.45) is 2.63. The minimum Gasteiger partial charge on any atom is -0.495 e. The number of amides is 2. The number of carbonyl (C=O) groups is 2. The molecule has 192 valence electrons. The van der Waals surface area contributed by atoms with Gasteiger partial charge in [-0.15, -0.1) is 0 Å². The highest BCUT2D eigenvalue weighted by atomic mass is 35.5. The van der Waals surface area contributed by atoms with Gasteiger partial charge >= 0.3 is 0 Å². The zero-order chi connectivity index (χ0) is 26.2. The van der Waals surface area contributed by atoms with Gasteiger partial charge in [0.25, 0.3) is 0 Å². The summed E-state index contributed by atoms with van der Waals surface area (Å²) in [5.74, 6) is -1.23. The maximum atomic E-state index is 13.5. The maximum absolute atomic E-state index is 13.5. The largest absolute Gasteiger partial charge is 0.495 e. The van der Waals surface area contributed by atoms with Crippen LogP contribution in [0.2, 0.25) is 5.02 Å². The van der Waals surface area contributed by atoms with Crippen LogP contribution in [0.4, 0.5) is 10.1 Å². The van der Waals surface area contributed by atoms with E-state index < -0.39 is 34.3 Å². The topological polar surface area (TPSA) is 96.0 Å². The van der Waals surface area contributed by atoms with Crippen LogP contribution in [0, 0.1) is 5.82 Å². The Labute approximate surface area is 211 Å². The van der Waals surface area contributed by atoms with Crippen LogP contribution >= 0.6 is 11.6 Å². The van der Waals surface area contributed by atoms with Crippen molar-refractivity contribution in [2.45, 2.75) is 39.3 Å². The molecule has 2 aromatic carbocycles. The second-order valence-corrected chi connectivity index (χ2v) is 10.4. The fraction of sp³-hybridized carbons (Fsp3) is 0.417. The van der Waals surface area contributed by atoms with Gasteiger partial charge in [0, 0.05) is 18.1 Å². The highest BCUT2D eigenvalue weighted by Crippen LogP contribution is 2.33. The molecule has 0 aliphatic carbocycles. The van der Waals surface area contributed by atoms with Crippen molar-refractivity contribution in [3.63, 3.8) is 0 Å². The van der Waals surface area contributed by atoms with E-state index in [9.17, 15) is 22.4 Å². The number of methoxy groups -OCH3 is 1. The van der Waals surface area contributed by atoms with Crippen LogP contribution in [0.5, 0.6) is 5.75 Å². The lowest BCUT2D eigenvalue weighted by molar-refractivity contribution is -0.139. The molecule has 2 rings (SSSR count). The highest BCUT2D eigenvalue weighted by molar-refractivity contribution is 7.92. The normalized spacial score (nSPS) is 12.1. The molecule has 0 radical (unpaired) electrons. The van der Waals surface area contributed by atoms with Gasteiger partial charge in [-0.05, 0) is 49.2 Å². The molecule has 0 aromatic heterocycles. The van der Waals surface area contributed by atoms with E-state index in [2.05, 4.69) is 5.32 Å². The number of hydrogen-bond acceptors (Lipinski definition) is 5. The molecule has 1 atom stereocenters. The first-order chi connectivity index (χ1) is 16.5. The fourth-order valence-electron chi connectivity index (χ4n) is 3.36. The fourth-order valence-corrected chi connectivity index (χ4v) is 4.37. The number of ether oxygens (including phenoxy) is 1. The third-order valence-corrected chi connectivity index (χ3v) is 6.71. The van der Waals surface area contributed by atoms with Crippen molar-refractivity contribution >= 4 is 39.1 Å². The molecular formula is C24H31ClFN3O5S. The van der Waals surface area contributed by atoms with Gasteiger partial charge in [0.1, 0.15) is 24.2 Å².